The molecule has 0 spiro atoms. The minimum atomic E-state index is -3.40. The van der Waals surface area contributed by atoms with Crippen LogP contribution < -0.4 is 5.73 Å². The normalized spacial score (nSPS) is 20.8. The maximum Gasteiger partial charge on any atom is 0.252 e. The molecule has 1 fully saturated rings. The summed E-state index contributed by atoms with van der Waals surface area (Å²) in [4.78, 5) is 0. The van der Waals surface area contributed by atoms with E-state index in [-0.39, 0.29) is 5.92 Å². The molecular formula is C13H15ClN2O2S2. The first-order chi connectivity index (χ1) is 9.50. The van der Waals surface area contributed by atoms with Crippen LogP contribution in [0.2, 0.25) is 5.02 Å². The molecule has 0 bridgehead atoms. The summed E-state index contributed by atoms with van der Waals surface area (Å²) in [7, 11) is -3.40. The molecule has 108 valence electrons. The first-order valence-corrected chi connectivity index (χ1v) is 9.03. The molecule has 1 aromatic heterocycles. The first-order valence-electron chi connectivity index (χ1n) is 6.40. The second kappa shape index (κ2) is 5.27. The largest absolute Gasteiger partial charge is 0.330 e. The number of rotatable bonds is 3. The molecule has 2 N–H and O–H groups in total. The molecule has 0 radical (unpaired) electrons. The van der Waals surface area contributed by atoms with E-state index in [0.29, 0.717) is 28.9 Å². The fraction of sp³-hybridized carbons (Fsp3) is 0.385. The quantitative estimate of drug-likeness (QED) is 0.940. The lowest BCUT2D eigenvalue weighted by molar-refractivity contribution is 0.460. The summed E-state index contributed by atoms with van der Waals surface area (Å²) in [6.07, 6.45) is 0.840. The molecular weight excluding hydrogens is 316 g/mol. The number of thiophene rings is 1. The van der Waals surface area contributed by atoms with Gasteiger partial charge in [-0.05, 0) is 48.5 Å². The molecule has 2 aromatic rings. The highest BCUT2D eigenvalue weighted by molar-refractivity contribution is 7.91. The zero-order valence-corrected chi connectivity index (χ0v) is 13.1. The van der Waals surface area contributed by atoms with Gasteiger partial charge in [-0.1, -0.05) is 11.6 Å². The van der Waals surface area contributed by atoms with E-state index in [1.54, 1.807) is 18.2 Å². The van der Waals surface area contributed by atoms with Gasteiger partial charge in [0.05, 0.1) is 0 Å². The summed E-state index contributed by atoms with van der Waals surface area (Å²) in [6, 6.07) is 7.13. The van der Waals surface area contributed by atoms with Gasteiger partial charge in [-0.3, -0.25) is 0 Å². The van der Waals surface area contributed by atoms with Crippen LogP contribution in [0.1, 0.15) is 6.42 Å². The van der Waals surface area contributed by atoms with Crippen molar-refractivity contribution in [3.05, 3.63) is 29.3 Å². The van der Waals surface area contributed by atoms with Gasteiger partial charge >= 0.3 is 0 Å². The van der Waals surface area contributed by atoms with Crippen molar-refractivity contribution in [3.8, 4) is 0 Å². The fourth-order valence-electron chi connectivity index (χ4n) is 2.45. The van der Waals surface area contributed by atoms with E-state index in [1.807, 2.05) is 6.07 Å². The van der Waals surface area contributed by atoms with Gasteiger partial charge in [-0.25, -0.2) is 8.42 Å². The van der Waals surface area contributed by atoms with Gasteiger partial charge in [0.2, 0.25) is 0 Å². The third-order valence-corrected chi connectivity index (χ3v) is 7.30. The zero-order chi connectivity index (χ0) is 14.3. The number of halogens is 1. The molecule has 1 saturated heterocycles. The second-order valence-electron chi connectivity index (χ2n) is 5.00. The average Bonchev–Trinajstić information content (AvgIpc) is 3.04. The van der Waals surface area contributed by atoms with Crippen molar-refractivity contribution in [3.63, 3.8) is 0 Å². The van der Waals surface area contributed by atoms with Gasteiger partial charge < -0.3 is 5.73 Å². The number of hydrogen-bond donors (Lipinski definition) is 1. The van der Waals surface area contributed by atoms with Crippen LogP contribution in [-0.2, 0) is 10.0 Å². The van der Waals surface area contributed by atoms with Gasteiger partial charge in [0, 0.05) is 22.8 Å². The van der Waals surface area contributed by atoms with E-state index in [1.165, 1.54) is 15.6 Å². The minimum absolute atomic E-state index is 0.272. The number of benzene rings is 1. The smallest absolute Gasteiger partial charge is 0.252 e. The van der Waals surface area contributed by atoms with Gasteiger partial charge in [0.15, 0.2) is 0 Å². The van der Waals surface area contributed by atoms with Gasteiger partial charge in [0.25, 0.3) is 10.0 Å². The molecule has 2 heterocycles. The number of fused-ring (bicyclic) bond motifs is 1. The van der Waals surface area contributed by atoms with Crippen molar-refractivity contribution in [1.29, 1.82) is 0 Å². The van der Waals surface area contributed by atoms with E-state index < -0.39 is 10.0 Å². The van der Waals surface area contributed by atoms with Crippen LogP contribution in [0, 0.1) is 5.92 Å². The van der Waals surface area contributed by atoms with E-state index >= 15 is 0 Å². The Bertz CT molecular complexity index is 742. The fourth-order valence-corrected chi connectivity index (χ4v) is 5.70. The Balaban J connectivity index is 1.97. The van der Waals surface area contributed by atoms with Crippen LogP contribution in [-0.4, -0.2) is 32.4 Å². The lowest BCUT2D eigenvalue weighted by Gasteiger charge is -2.14. The summed E-state index contributed by atoms with van der Waals surface area (Å²) in [5.41, 5.74) is 5.62. The SMILES string of the molecule is NCC1CCN(S(=O)(=O)c2cc3cc(Cl)ccc3s2)C1. The zero-order valence-electron chi connectivity index (χ0n) is 10.8. The van der Waals surface area contributed by atoms with E-state index in [2.05, 4.69) is 0 Å². The first kappa shape index (κ1) is 14.3. The predicted octanol–water partition coefficient (Wildman–Crippen LogP) is 2.52. The van der Waals surface area contributed by atoms with Crippen molar-refractivity contribution >= 4 is 43.0 Å². The molecule has 0 aliphatic carbocycles. The number of nitrogens with zero attached hydrogens (tertiary/aromatic N) is 1. The highest BCUT2D eigenvalue weighted by Gasteiger charge is 2.32. The lowest BCUT2D eigenvalue weighted by atomic mass is 10.1. The summed E-state index contributed by atoms with van der Waals surface area (Å²) >= 11 is 7.23. The van der Waals surface area contributed by atoms with Crippen LogP contribution >= 0.6 is 22.9 Å². The van der Waals surface area contributed by atoms with Crippen LogP contribution in [0.4, 0.5) is 0 Å². The van der Waals surface area contributed by atoms with Crippen LogP contribution in [0.25, 0.3) is 10.1 Å². The number of hydrogen-bond acceptors (Lipinski definition) is 4. The maximum atomic E-state index is 12.6. The van der Waals surface area contributed by atoms with Crippen molar-refractivity contribution in [1.82, 2.24) is 4.31 Å². The Morgan fingerprint density at radius 2 is 2.20 bits per heavy atom. The molecule has 0 saturated carbocycles. The van der Waals surface area contributed by atoms with Crippen molar-refractivity contribution in [2.24, 2.45) is 11.7 Å². The topological polar surface area (TPSA) is 63.4 Å². The molecule has 1 unspecified atom stereocenters. The Kier molecular flexibility index (Phi) is 3.77. The maximum absolute atomic E-state index is 12.6. The molecule has 1 atom stereocenters. The molecule has 4 nitrogen and oxygen atoms in total. The lowest BCUT2D eigenvalue weighted by Crippen LogP contribution is -2.29. The molecule has 0 amide bonds. The third-order valence-electron chi connectivity index (χ3n) is 3.63. The molecule has 3 rings (SSSR count). The highest BCUT2D eigenvalue weighted by Crippen LogP contribution is 2.34. The Labute approximate surface area is 127 Å². The number of nitrogens with two attached hydrogens (primary N) is 1. The third kappa shape index (κ3) is 2.46. The summed E-state index contributed by atoms with van der Waals surface area (Å²) < 4.78 is 28.1. The van der Waals surface area contributed by atoms with Crippen LogP contribution in [0.15, 0.2) is 28.5 Å². The molecule has 7 heteroatoms. The van der Waals surface area contributed by atoms with E-state index in [9.17, 15) is 8.42 Å². The van der Waals surface area contributed by atoms with E-state index in [4.69, 9.17) is 17.3 Å². The van der Waals surface area contributed by atoms with Gasteiger partial charge in [-0.2, -0.15) is 4.31 Å². The summed E-state index contributed by atoms with van der Waals surface area (Å²) in [5.74, 6) is 0.272. The van der Waals surface area contributed by atoms with Crippen molar-refractivity contribution < 1.29 is 8.42 Å². The summed E-state index contributed by atoms with van der Waals surface area (Å²) in [6.45, 7) is 1.61. The predicted molar refractivity (Wildman–Crippen MR) is 82.8 cm³/mol. The standard InChI is InChI=1S/C13H15ClN2O2S2/c14-11-1-2-12-10(5-11)6-13(19-12)20(17,18)16-4-3-9(7-15)8-16/h1-2,5-6,9H,3-4,7-8,15H2. The monoisotopic (exact) mass is 330 g/mol. The average molecular weight is 331 g/mol. The molecule has 1 aromatic carbocycles. The van der Waals surface area contributed by atoms with Gasteiger partial charge in [-0.15, -0.1) is 11.3 Å². The van der Waals surface area contributed by atoms with Crippen LogP contribution in [0.5, 0.6) is 0 Å². The minimum Gasteiger partial charge on any atom is -0.330 e. The highest BCUT2D eigenvalue weighted by atomic mass is 35.5. The molecule has 1 aliphatic rings. The van der Waals surface area contributed by atoms with Gasteiger partial charge in [0.1, 0.15) is 4.21 Å². The van der Waals surface area contributed by atoms with Crippen molar-refractivity contribution in [2.45, 2.75) is 10.6 Å². The molecule has 1 aliphatic heterocycles. The van der Waals surface area contributed by atoms with E-state index in [0.717, 1.165) is 16.5 Å². The van der Waals surface area contributed by atoms with Crippen LogP contribution in [0.3, 0.4) is 0 Å². The Hall–Kier alpha value is -0.660. The Morgan fingerprint density at radius 3 is 2.90 bits per heavy atom. The molecule has 20 heavy (non-hydrogen) atoms. The Morgan fingerprint density at radius 1 is 1.40 bits per heavy atom. The summed E-state index contributed by atoms with van der Waals surface area (Å²) in [5, 5.41) is 1.49. The van der Waals surface area contributed by atoms with Crippen molar-refractivity contribution in [2.75, 3.05) is 19.6 Å². The second-order valence-corrected chi connectivity index (χ2v) is 8.69. The number of sulfonamides is 1.